The van der Waals surface area contributed by atoms with Crippen molar-refractivity contribution in [3.63, 3.8) is 0 Å². The fourth-order valence-electron chi connectivity index (χ4n) is 3.35. The Bertz CT molecular complexity index is 1250. The topological polar surface area (TPSA) is 115 Å². The maximum Gasteiger partial charge on any atom is 0.276 e. The van der Waals surface area contributed by atoms with Gasteiger partial charge in [0.2, 0.25) is 0 Å². The minimum atomic E-state index is -0.400. The predicted octanol–water partition coefficient (Wildman–Crippen LogP) is 2.33. The van der Waals surface area contributed by atoms with E-state index in [2.05, 4.69) is 25.4 Å². The molecular formula is C22H17N7O3. The number of aromatic nitrogens is 5. The van der Waals surface area contributed by atoms with Gasteiger partial charge in [0.25, 0.3) is 11.8 Å². The van der Waals surface area contributed by atoms with Crippen LogP contribution in [0.25, 0.3) is 17.1 Å². The number of amides is 2. The lowest BCUT2D eigenvalue weighted by Gasteiger charge is -2.26. The first-order valence-corrected chi connectivity index (χ1v) is 9.72. The summed E-state index contributed by atoms with van der Waals surface area (Å²) in [7, 11) is 1.68. The van der Waals surface area contributed by atoms with E-state index in [9.17, 15) is 9.59 Å². The first-order valence-electron chi connectivity index (χ1n) is 9.72. The van der Waals surface area contributed by atoms with E-state index >= 15 is 0 Å². The quantitative estimate of drug-likeness (QED) is 0.531. The van der Waals surface area contributed by atoms with E-state index in [0.29, 0.717) is 28.6 Å². The van der Waals surface area contributed by atoms with Crippen LogP contribution in [-0.4, -0.2) is 50.2 Å². The minimum absolute atomic E-state index is 0.0429. The van der Waals surface area contributed by atoms with Crippen molar-refractivity contribution >= 4 is 23.2 Å². The van der Waals surface area contributed by atoms with Gasteiger partial charge in [-0.25, -0.2) is 9.67 Å². The number of fused-ring (bicyclic) bond motifs is 1. The summed E-state index contributed by atoms with van der Waals surface area (Å²) in [6.07, 6.45) is 8.02. The van der Waals surface area contributed by atoms with E-state index in [4.69, 9.17) is 4.74 Å². The van der Waals surface area contributed by atoms with Crippen molar-refractivity contribution in [2.45, 2.75) is 0 Å². The number of ether oxygens (including phenoxy) is 1. The fourth-order valence-corrected chi connectivity index (χ4v) is 3.35. The Morgan fingerprint density at radius 1 is 1.06 bits per heavy atom. The molecule has 0 fully saturated rings. The number of likely N-dealkylation sites (N-methyl/N-ethyl adjacent to an activating group) is 1. The first-order chi connectivity index (χ1) is 15.6. The number of hydrogen-bond donors (Lipinski definition) is 1. The van der Waals surface area contributed by atoms with Crippen LogP contribution in [0.4, 0.5) is 11.4 Å². The van der Waals surface area contributed by atoms with Crippen LogP contribution in [0.3, 0.4) is 0 Å². The second-order valence-corrected chi connectivity index (χ2v) is 7.00. The van der Waals surface area contributed by atoms with Crippen LogP contribution in [-0.2, 0) is 4.79 Å². The molecule has 3 aromatic heterocycles. The van der Waals surface area contributed by atoms with Gasteiger partial charge in [-0.1, -0.05) is 0 Å². The minimum Gasteiger partial charge on any atom is -0.481 e. The van der Waals surface area contributed by atoms with Gasteiger partial charge in [-0.3, -0.25) is 19.6 Å². The Labute approximate surface area is 182 Å². The van der Waals surface area contributed by atoms with Crippen molar-refractivity contribution in [1.82, 2.24) is 24.7 Å². The molecule has 1 N–H and O–H groups in total. The average molecular weight is 427 g/mol. The number of carbonyl (C=O) groups is 2. The summed E-state index contributed by atoms with van der Waals surface area (Å²) in [6, 6.07) is 10.4. The average Bonchev–Trinajstić information content (AvgIpc) is 3.28. The SMILES string of the molecule is CN1C(=O)COc2cc(NC(=O)c3cc(-c4ccncc4)n(-c4cnccn4)n3)ccc21. The fraction of sp³-hybridized carbons (Fsp3) is 0.0909. The lowest BCUT2D eigenvalue weighted by molar-refractivity contribution is -0.120. The smallest absolute Gasteiger partial charge is 0.276 e. The Morgan fingerprint density at radius 3 is 2.69 bits per heavy atom. The number of hydrogen-bond acceptors (Lipinski definition) is 7. The van der Waals surface area contributed by atoms with Crippen molar-refractivity contribution in [1.29, 1.82) is 0 Å². The molecule has 0 saturated carbocycles. The molecule has 0 saturated heterocycles. The summed E-state index contributed by atoms with van der Waals surface area (Å²) >= 11 is 0. The second-order valence-electron chi connectivity index (χ2n) is 7.00. The van der Waals surface area contributed by atoms with Crippen LogP contribution in [0.5, 0.6) is 5.75 Å². The molecule has 0 aliphatic carbocycles. The van der Waals surface area contributed by atoms with Crippen LogP contribution >= 0.6 is 0 Å². The molecule has 32 heavy (non-hydrogen) atoms. The zero-order valence-electron chi connectivity index (χ0n) is 17.0. The third-order valence-corrected chi connectivity index (χ3v) is 4.99. The van der Waals surface area contributed by atoms with E-state index < -0.39 is 5.91 Å². The van der Waals surface area contributed by atoms with Gasteiger partial charge in [0, 0.05) is 49.2 Å². The highest BCUT2D eigenvalue weighted by molar-refractivity contribution is 6.04. The lowest BCUT2D eigenvalue weighted by atomic mass is 10.2. The van der Waals surface area contributed by atoms with E-state index in [-0.39, 0.29) is 18.2 Å². The van der Waals surface area contributed by atoms with Crippen LogP contribution in [0, 0.1) is 0 Å². The van der Waals surface area contributed by atoms with Gasteiger partial charge in [0.15, 0.2) is 18.1 Å². The van der Waals surface area contributed by atoms with Crippen molar-refractivity contribution in [3.05, 3.63) is 73.1 Å². The van der Waals surface area contributed by atoms with Crippen molar-refractivity contribution in [2.75, 3.05) is 23.9 Å². The third-order valence-electron chi connectivity index (χ3n) is 4.99. The number of nitrogens with zero attached hydrogens (tertiary/aromatic N) is 6. The van der Waals surface area contributed by atoms with Gasteiger partial charge in [0.1, 0.15) is 5.75 Å². The second kappa shape index (κ2) is 7.91. The molecule has 1 aliphatic rings. The molecule has 10 nitrogen and oxygen atoms in total. The summed E-state index contributed by atoms with van der Waals surface area (Å²) < 4.78 is 7.05. The van der Waals surface area contributed by atoms with Gasteiger partial charge in [-0.05, 0) is 30.3 Å². The summed E-state index contributed by atoms with van der Waals surface area (Å²) in [5, 5.41) is 7.29. The van der Waals surface area contributed by atoms with Crippen molar-refractivity contribution in [2.24, 2.45) is 0 Å². The van der Waals surface area contributed by atoms with Crippen LogP contribution in [0.2, 0.25) is 0 Å². The molecule has 4 aromatic rings. The zero-order valence-corrected chi connectivity index (χ0v) is 17.0. The maximum absolute atomic E-state index is 13.0. The number of benzene rings is 1. The Kier molecular flexibility index (Phi) is 4.79. The number of carbonyl (C=O) groups excluding carboxylic acids is 2. The molecule has 4 heterocycles. The first kappa shape index (κ1) is 19.4. The largest absolute Gasteiger partial charge is 0.481 e. The van der Waals surface area contributed by atoms with Gasteiger partial charge in [-0.15, -0.1) is 0 Å². The Hall–Kier alpha value is -4.60. The van der Waals surface area contributed by atoms with Crippen molar-refractivity contribution in [3.8, 4) is 22.8 Å². The van der Waals surface area contributed by atoms with Gasteiger partial charge in [0.05, 0.1) is 17.6 Å². The summed E-state index contributed by atoms with van der Waals surface area (Å²) in [5.74, 6) is 0.469. The molecule has 5 rings (SSSR count). The third kappa shape index (κ3) is 3.54. The molecule has 0 bridgehead atoms. The highest BCUT2D eigenvalue weighted by Gasteiger charge is 2.23. The molecule has 1 aromatic carbocycles. The van der Waals surface area contributed by atoms with E-state index in [1.807, 2.05) is 12.1 Å². The van der Waals surface area contributed by atoms with E-state index in [1.54, 1.807) is 67.0 Å². The lowest BCUT2D eigenvalue weighted by Crippen LogP contribution is -2.35. The van der Waals surface area contributed by atoms with Crippen LogP contribution < -0.4 is 15.0 Å². The van der Waals surface area contributed by atoms with Crippen molar-refractivity contribution < 1.29 is 14.3 Å². The number of rotatable bonds is 4. The van der Waals surface area contributed by atoms with E-state index in [0.717, 1.165) is 5.56 Å². The molecule has 2 amide bonds. The Balaban J connectivity index is 1.47. The van der Waals surface area contributed by atoms with Crippen LogP contribution in [0.15, 0.2) is 67.4 Å². The molecule has 1 aliphatic heterocycles. The molecule has 0 unspecified atom stereocenters. The van der Waals surface area contributed by atoms with E-state index in [1.165, 1.54) is 4.90 Å². The normalized spacial score (nSPS) is 12.8. The summed E-state index contributed by atoms with van der Waals surface area (Å²) in [6.45, 7) is -0.0429. The monoisotopic (exact) mass is 427 g/mol. The Morgan fingerprint density at radius 2 is 1.91 bits per heavy atom. The highest BCUT2D eigenvalue weighted by Crippen LogP contribution is 2.33. The van der Waals surface area contributed by atoms with Crippen LogP contribution in [0.1, 0.15) is 10.5 Å². The molecule has 0 atom stereocenters. The number of anilines is 2. The van der Waals surface area contributed by atoms with Gasteiger partial charge >= 0.3 is 0 Å². The molecule has 10 heteroatoms. The summed E-state index contributed by atoms with van der Waals surface area (Å²) in [4.78, 5) is 38.7. The standard InChI is InChI=1S/C22H17N7O3/c1-28-17-3-2-15(10-19(17)32-13-21(28)30)26-22(31)16-11-18(14-4-6-23-7-5-14)29(27-16)20-12-24-8-9-25-20/h2-12H,13H2,1H3,(H,26,31). The van der Waals surface area contributed by atoms with Gasteiger partial charge < -0.3 is 15.0 Å². The number of nitrogens with one attached hydrogen (secondary N) is 1. The highest BCUT2D eigenvalue weighted by atomic mass is 16.5. The maximum atomic E-state index is 13.0. The molecule has 158 valence electrons. The zero-order chi connectivity index (χ0) is 22.1. The molecule has 0 radical (unpaired) electrons. The molecular weight excluding hydrogens is 410 g/mol. The predicted molar refractivity (Wildman–Crippen MR) is 116 cm³/mol. The summed E-state index contributed by atoms with van der Waals surface area (Å²) in [5.41, 5.74) is 2.87. The van der Waals surface area contributed by atoms with Gasteiger partial charge in [-0.2, -0.15) is 5.10 Å². The molecule has 0 spiro atoms. The number of pyridine rings is 1.